The maximum atomic E-state index is 11.5. The summed E-state index contributed by atoms with van der Waals surface area (Å²) in [6.07, 6.45) is 0.558. The van der Waals surface area contributed by atoms with Gasteiger partial charge in [-0.2, -0.15) is 0 Å². The number of carbonyl (C=O) groups is 1. The highest BCUT2D eigenvalue weighted by atomic mass is 16.5. The third-order valence-corrected chi connectivity index (χ3v) is 3.90. The normalized spacial score (nSPS) is 18.2. The Morgan fingerprint density at radius 3 is 2.68 bits per heavy atom. The van der Waals surface area contributed by atoms with Crippen molar-refractivity contribution in [2.24, 2.45) is 0 Å². The van der Waals surface area contributed by atoms with Crippen molar-refractivity contribution in [3.8, 4) is 0 Å². The summed E-state index contributed by atoms with van der Waals surface area (Å²) in [5.74, 6) is -0.747. The molecule has 19 heavy (non-hydrogen) atoms. The number of ether oxygens (including phenoxy) is 1. The number of rotatable bonds is 4. The standard InChI is InChI=1S/C15H21NO3/c1-11-4-3-5-13(12(11)2)10-14(15(17)18)16-6-8-19-9-7-16/h3-5,14H,6-10H2,1-2H3,(H,17,18)/t14-/m1/s1. The molecular weight excluding hydrogens is 242 g/mol. The van der Waals surface area contributed by atoms with Crippen molar-refractivity contribution in [2.45, 2.75) is 26.3 Å². The number of morpholine rings is 1. The van der Waals surface area contributed by atoms with Crippen LogP contribution in [0, 0.1) is 13.8 Å². The molecule has 0 aromatic heterocycles. The third kappa shape index (κ3) is 3.33. The summed E-state index contributed by atoms with van der Waals surface area (Å²) in [5.41, 5.74) is 3.53. The van der Waals surface area contributed by atoms with Crippen LogP contribution in [0.5, 0.6) is 0 Å². The van der Waals surface area contributed by atoms with Crippen LogP contribution in [0.25, 0.3) is 0 Å². The first-order chi connectivity index (χ1) is 9.09. The first-order valence-corrected chi connectivity index (χ1v) is 6.69. The summed E-state index contributed by atoms with van der Waals surface area (Å²) in [7, 11) is 0. The lowest BCUT2D eigenvalue weighted by Gasteiger charge is -2.32. The first-order valence-electron chi connectivity index (χ1n) is 6.69. The van der Waals surface area contributed by atoms with Gasteiger partial charge in [0.25, 0.3) is 0 Å². The van der Waals surface area contributed by atoms with Gasteiger partial charge >= 0.3 is 5.97 Å². The average Bonchev–Trinajstić information content (AvgIpc) is 2.41. The lowest BCUT2D eigenvalue weighted by atomic mass is 9.97. The molecule has 1 N–H and O–H groups in total. The Balaban J connectivity index is 2.16. The molecular formula is C15H21NO3. The van der Waals surface area contributed by atoms with Gasteiger partial charge in [0.1, 0.15) is 6.04 Å². The van der Waals surface area contributed by atoms with E-state index in [1.54, 1.807) is 0 Å². The molecule has 104 valence electrons. The van der Waals surface area contributed by atoms with Gasteiger partial charge in [-0.15, -0.1) is 0 Å². The Morgan fingerprint density at radius 1 is 1.37 bits per heavy atom. The first kappa shape index (κ1) is 14.0. The Kier molecular flexibility index (Phi) is 4.56. The van der Waals surface area contributed by atoms with Crippen molar-refractivity contribution < 1.29 is 14.6 Å². The average molecular weight is 263 g/mol. The molecule has 1 aliphatic heterocycles. The zero-order chi connectivity index (χ0) is 13.8. The van der Waals surface area contributed by atoms with Crippen molar-refractivity contribution in [1.82, 2.24) is 4.90 Å². The number of nitrogens with zero attached hydrogens (tertiary/aromatic N) is 1. The van der Waals surface area contributed by atoms with Gasteiger partial charge in [0.05, 0.1) is 13.2 Å². The summed E-state index contributed by atoms with van der Waals surface area (Å²) in [6.45, 7) is 6.75. The van der Waals surface area contributed by atoms with E-state index in [-0.39, 0.29) is 0 Å². The zero-order valence-electron chi connectivity index (χ0n) is 11.6. The fourth-order valence-corrected chi connectivity index (χ4v) is 2.50. The molecule has 1 heterocycles. The van der Waals surface area contributed by atoms with Crippen molar-refractivity contribution in [1.29, 1.82) is 0 Å². The summed E-state index contributed by atoms with van der Waals surface area (Å²) in [5, 5.41) is 9.46. The molecule has 0 bridgehead atoms. The minimum atomic E-state index is -0.747. The van der Waals surface area contributed by atoms with E-state index in [1.165, 1.54) is 11.1 Å². The zero-order valence-corrected chi connectivity index (χ0v) is 11.6. The van der Waals surface area contributed by atoms with Gasteiger partial charge in [-0.3, -0.25) is 9.69 Å². The van der Waals surface area contributed by atoms with Crippen LogP contribution in [0.1, 0.15) is 16.7 Å². The van der Waals surface area contributed by atoms with Crippen molar-refractivity contribution in [3.05, 3.63) is 34.9 Å². The molecule has 1 aliphatic rings. The van der Waals surface area contributed by atoms with Crippen molar-refractivity contribution in [3.63, 3.8) is 0 Å². The quantitative estimate of drug-likeness (QED) is 0.897. The minimum Gasteiger partial charge on any atom is -0.480 e. The molecule has 0 spiro atoms. The number of aryl methyl sites for hydroxylation is 1. The van der Waals surface area contributed by atoms with Crippen molar-refractivity contribution >= 4 is 5.97 Å². The van der Waals surface area contributed by atoms with Crippen LogP contribution >= 0.6 is 0 Å². The number of hydrogen-bond acceptors (Lipinski definition) is 3. The van der Waals surface area contributed by atoms with E-state index in [9.17, 15) is 9.90 Å². The summed E-state index contributed by atoms with van der Waals surface area (Å²) >= 11 is 0. The lowest BCUT2D eigenvalue weighted by Crippen LogP contribution is -2.48. The molecule has 1 aromatic rings. The van der Waals surface area contributed by atoms with Crippen LogP contribution < -0.4 is 0 Å². The topological polar surface area (TPSA) is 49.8 Å². The van der Waals surface area contributed by atoms with Crippen LogP contribution in [0.4, 0.5) is 0 Å². The number of carboxylic acids is 1. The van der Waals surface area contributed by atoms with Crippen molar-refractivity contribution in [2.75, 3.05) is 26.3 Å². The van der Waals surface area contributed by atoms with Crippen LogP contribution in [-0.2, 0) is 16.0 Å². The Bertz CT molecular complexity index is 453. The molecule has 4 heteroatoms. The molecule has 0 aliphatic carbocycles. The maximum absolute atomic E-state index is 11.5. The number of aliphatic carboxylic acids is 1. The molecule has 4 nitrogen and oxygen atoms in total. The van der Waals surface area contributed by atoms with E-state index in [0.29, 0.717) is 32.7 Å². The summed E-state index contributed by atoms with van der Waals surface area (Å²) in [6, 6.07) is 5.63. The van der Waals surface area contributed by atoms with E-state index in [4.69, 9.17) is 4.74 Å². The monoisotopic (exact) mass is 263 g/mol. The highest BCUT2D eigenvalue weighted by Crippen LogP contribution is 2.17. The second-order valence-electron chi connectivity index (χ2n) is 5.07. The van der Waals surface area contributed by atoms with Gasteiger partial charge in [0, 0.05) is 13.1 Å². The fourth-order valence-electron chi connectivity index (χ4n) is 2.50. The van der Waals surface area contributed by atoms with E-state index >= 15 is 0 Å². The second-order valence-corrected chi connectivity index (χ2v) is 5.07. The predicted molar refractivity (Wildman–Crippen MR) is 73.4 cm³/mol. The van der Waals surface area contributed by atoms with E-state index in [0.717, 1.165) is 5.56 Å². The Morgan fingerprint density at radius 2 is 2.05 bits per heavy atom. The number of hydrogen-bond donors (Lipinski definition) is 1. The van der Waals surface area contributed by atoms with E-state index < -0.39 is 12.0 Å². The van der Waals surface area contributed by atoms with Gasteiger partial charge in [0.2, 0.25) is 0 Å². The third-order valence-electron chi connectivity index (χ3n) is 3.90. The van der Waals surface area contributed by atoms with Gasteiger partial charge in [-0.25, -0.2) is 0 Å². The van der Waals surface area contributed by atoms with E-state index in [1.807, 2.05) is 17.0 Å². The maximum Gasteiger partial charge on any atom is 0.321 e. The molecule has 1 aromatic carbocycles. The number of carboxylic acid groups (broad SMARTS) is 1. The molecule has 1 atom stereocenters. The molecule has 1 fully saturated rings. The SMILES string of the molecule is Cc1cccc(C[C@H](C(=O)O)N2CCOCC2)c1C. The summed E-state index contributed by atoms with van der Waals surface area (Å²) < 4.78 is 5.29. The molecule has 2 rings (SSSR count). The van der Waals surface area contributed by atoms with Gasteiger partial charge in [0.15, 0.2) is 0 Å². The van der Waals surface area contributed by atoms with Crippen LogP contribution in [0.15, 0.2) is 18.2 Å². The summed E-state index contributed by atoms with van der Waals surface area (Å²) in [4.78, 5) is 13.5. The Labute approximate surface area is 114 Å². The number of benzene rings is 1. The van der Waals surface area contributed by atoms with Gasteiger partial charge in [-0.05, 0) is 37.0 Å². The molecule has 0 unspecified atom stereocenters. The van der Waals surface area contributed by atoms with Crippen LogP contribution in [0.2, 0.25) is 0 Å². The second kappa shape index (κ2) is 6.17. The minimum absolute atomic E-state index is 0.454. The molecule has 0 radical (unpaired) electrons. The largest absolute Gasteiger partial charge is 0.480 e. The smallest absolute Gasteiger partial charge is 0.321 e. The van der Waals surface area contributed by atoms with Gasteiger partial charge in [-0.1, -0.05) is 18.2 Å². The molecule has 0 saturated carbocycles. The Hall–Kier alpha value is -1.39. The molecule has 1 saturated heterocycles. The highest BCUT2D eigenvalue weighted by Gasteiger charge is 2.27. The van der Waals surface area contributed by atoms with E-state index in [2.05, 4.69) is 19.9 Å². The van der Waals surface area contributed by atoms with Crippen LogP contribution in [0.3, 0.4) is 0 Å². The van der Waals surface area contributed by atoms with Crippen LogP contribution in [-0.4, -0.2) is 48.3 Å². The van der Waals surface area contributed by atoms with Gasteiger partial charge < -0.3 is 9.84 Å². The highest BCUT2D eigenvalue weighted by molar-refractivity contribution is 5.74. The fraction of sp³-hybridized carbons (Fsp3) is 0.533. The molecule has 0 amide bonds. The lowest BCUT2D eigenvalue weighted by molar-refractivity contribution is -0.145. The predicted octanol–water partition coefficient (Wildman–Crippen LogP) is 1.63.